The van der Waals surface area contributed by atoms with E-state index >= 15 is 0 Å². The van der Waals surface area contributed by atoms with Gasteiger partial charge in [-0.1, -0.05) is 56.3 Å². The van der Waals surface area contributed by atoms with Crippen LogP contribution in [-0.4, -0.2) is 92.8 Å². The van der Waals surface area contributed by atoms with E-state index in [1.807, 2.05) is 71.8 Å². The number of methoxy groups -OCH3 is 2. The fraction of sp³-hybridized carbons (Fsp3) is 0.378. The molecule has 0 saturated carbocycles. The number of ether oxygens (including phenoxy) is 2. The first-order valence-electron chi connectivity index (χ1n) is 20.7. The summed E-state index contributed by atoms with van der Waals surface area (Å²) >= 11 is 3.66. The number of thiophene rings is 1. The molecule has 4 N–H and O–H groups in total. The first-order valence-corrected chi connectivity index (χ1v) is 22.6. The van der Waals surface area contributed by atoms with Crippen LogP contribution in [0.5, 0.6) is 0 Å². The van der Waals surface area contributed by atoms with Crippen LogP contribution < -0.4 is 10.6 Å². The molecule has 2 saturated heterocycles. The van der Waals surface area contributed by atoms with Crippen LogP contribution >= 0.6 is 23.1 Å². The highest BCUT2D eigenvalue weighted by Gasteiger charge is 2.39. The van der Waals surface area contributed by atoms with Crippen molar-refractivity contribution >= 4 is 69.2 Å². The lowest BCUT2D eigenvalue weighted by Gasteiger charge is -2.29. The Hall–Kier alpha value is -5.87. The minimum atomic E-state index is -0.881. The SMILES string of the molecule is COC(=O)N[C@@H](C(=O)N1CCCC1c1nc2ccc(-c3csc4c3SCC4c3ccc4nc(C5CCCN5C(=O)[C@H](NC(=O)OC)C(C)C)[nH]c4c3)cc2[nH]1)c1ccccc1. The number of amides is 4. The van der Waals surface area contributed by atoms with Crippen LogP contribution in [0.1, 0.15) is 91.2 Å². The lowest BCUT2D eigenvalue weighted by atomic mass is 9.98. The maximum Gasteiger partial charge on any atom is 0.407 e. The number of hydrogen-bond acceptors (Lipinski definition) is 10. The Morgan fingerprint density at radius 1 is 0.787 bits per heavy atom. The average Bonchev–Trinajstić information content (AvgIpc) is 4.13. The number of hydrogen-bond donors (Lipinski definition) is 4. The number of carbonyl (C=O) groups excluding carboxylic acids is 4. The molecule has 61 heavy (non-hydrogen) atoms. The zero-order valence-electron chi connectivity index (χ0n) is 34.4. The zero-order valence-corrected chi connectivity index (χ0v) is 36.0. The van der Waals surface area contributed by atoms with Crippen LogP contribution in [0.2, 0.25) is 0 Å². The molecule has 16 heteroatoms. The van der Waals surface area contributed by atoms with Gasteiger partial charge in [-0.3, -0.25) is 9.59 Å². The summed E-state index contributed by atoms with van der Waals surface area (Å²) in [5, 5.41) is 7.71. The predicted molar refractivity (Wildman–Crippen MR) is 234 cm³/mol. The third-order valence-corrected chi connectivity index (χ3v) is 14.6. The minimum Gasteiger partial charge on any atom is -0.453 e. The van der Waals surface area contributed by atoms with Crippen LogP contribution in [0.3, 0.4) is 0 Å². The second-order valence-electron chi connectivity index (χ2n) is 16.2. The smallest absolute Gasteiger partial charge is 0.407 e. The highest BCUT2D eigenvalue weighted by molar-refractivity contribution is 8.00. The molecule has 3 aliphatic heterocycles. The summed E-state index contributed by atoms with van der Waals surface area (Å²) in [4.78, 5) is 75.4. The van der Waals surface area contributed by atoms with Crippen LogP contribution in [0.15, 0.2) is 77.0 Å². The summed E-state index contributed by atoms with van der Waals surface area (Å²) in [6, 6.07) is 19.9. The molecule has 14 nitrogen and oxygen atoms in total. The Labute approximate surface area is 361 Å². The number of aromatic amines is 2. The molecular weight excluding hydrogens is 813 g/mol. The van der Waals surface area contributed by atoms with E-state index in [4.69, 9.17) is 19.4 Å². The van der Waals surface area contributed by atoms with Crippen molar-refractivity contribution < 1.29 is 28.7 Å². The molecule has 3 aromatic carbocycles. The molecule has 316 valence electrons. The lowest BCUT2D eigenvalue weighted by molar-refractivity contribution is -0.135. The second-order valence-corrected chi connectivity index (χ2v) is 18.1. The fourth-order valence-corrected chi connectivity index (χ4v) is 11.9. The fourth-order valence-electron chi connectivity index (χ4n) is 9.00. The van der Waals surface area contributed by atoms with Gasteiger partial charge in [0.05, 0.1) is 48.4 Å². The van der Waals surface area contributed by atoms with E-state index < -0.39 is 24.3 Å². The maximum absolute atomic E-state index is 14.1. The summed E-state index contributed by atoms with van der Waals surface area (Å²) in [6.45, 7) is 4.99. The largest absolute Gasteiger partial charge is 0.453 e. The highest BCUT2D eigenvalue weighted by atomic mass is 32.2. The number of nitrogens with one attached hydrogen (secondary N) is 4. The average molecular weight is 861 g/mol. The van der Waals surface area contributed by atoms with Gasteiger partial charge in [0.25, 0.3) is 5.91 Å². The van der Waals surface area contributed by atoms with Crippen LogP contribution in [0.4, 0.5) is 9.59 Å². The third kappa shape index (κ3) is 7.71. The topological polar surface area (TPSA) is 175 Å². The molecule has 0 bridgehead atoms. The molecule has 0 radical (unpaired) electrons. The number of aromatic nitrogens is 4. The lowest BCUT2D eigenvalue weighted by Crippen LogP contribution is -2.51. The summed E-state index contributed by atoms with van der Waals surface area (Å²) < 4.78 is 9.66. The van der Waals surface area contributed by atoms with Crippen molar-refractivity contribution in [2.45, 2.75) is 74.5 Å². The number of fused-ring (bicyclic) bond motifs is 3. The molecule has 3 aliphatic rings. The number of imidazole rings is 2. The molecule has 6 heterocycles. The number of likely N-dealkylation sites (tertiary alicyclic amines) is 2. The number of rotatable bonds is 10. The van der Waals surface area contributed by atoms with E-state index in [2.05, 4.69) is 56.3 Å². The Kier molecular flexibility index (Phi) is 11.2. The van der Waals surface area contributed by atoms with E-state index in [0.29, 0.717) is 18.7 Å². The van der Waals surface area contributed by atoms with Gasteiger partial charge in [0.1, 0.15) is 23.7 Å². The van der Waals surface area contributed by atoms with Gasteiger partial charge in [-0.2, -0.15) is 0 Å². The van der Waals surface area contributed by atoms with Crippen molar-refractivity contribution in [1.82, 2.24) is 40.4 Å². The van der Waals surface area contributed by atoms with Crippen LogP contribution in [0.25, 0.3) is 33.2 Å². The van der Waals surface area contributed by atoms with Crippen molar-refractivity contribution in [3.05, 3.63) is 99.8 Å². The maximum atomic E-state index is 14.1. The molecule has 0 spiro atoms. The first kappa shape index (κ1) is 40.5. The standard InChI is InChI=1S/C45H48N8O6S2/c1-24(2)36(50-44(56)58-3)42(54)52-18-8-12-34(52)40-46-30-16-14-26(20-32(30)48-40)28-22-60-39-29(23-61-38(28)39)27-15-17-31-33(21-27)49-41(47-31)35-13-9-19-53(35)43(55)37(51-45(57)59-4)25-10-6-5-7-11-25/h5-7,10-11,14-17,20-21,23-24,28,34-37H,8-9,12-13,18-19,22H2,1-4H3,(H,46,48)(H,47,49)(H,50,56)(H,51,57)/t28?,34?,35?,36-,37-/m1/s1. The predicted octanol–water partition coefficient (Wildman–Crippen LogP) is 8.21. The summed E-state index contributed by atoms with van der Waals surface area (Å²) in [5.74, 6) is 2.19. The molecule has 4 amide bonds. The first-order chi connectivity index (χ1) is 29.6. The van der Waals surface area contributed by atoms with E-state index in [-0.39, 0.29) is 35.7 Å². The van der Waals surface area contributed by atoms with Crippen molar-refractivity contribution in [2.24, 2.45) is 5.92 Å². The third-order valence-electron chi connectivity index (χ3n) is 12.1. The number of nitrogens with zero attached hydrogens (tertiary/aromatic N) is 4. The summed E-state index contributed by atoms with van der Waals surface area (Å²) in [7, 11) is 2.59. The molecule has 2 fully saturated rings. The molecule has 0 aliphatic carbocycles. The molecule has 6 aromatic rings. The van der Waals surface area contributed by atoms with E-state index in [0.717, 1.165) is 70.7 Å². The van der Waals surface area contributed by atoms with Gasteiger partial charge in [0.2, 0.25) is 5.91 Å². The summed E-state index contributed by atoms with van der Waals surface area (Å²) in [5.41, 5.74) is 7.72. The Morgan fingerprint density at radius 2 is 1.41 bits per heavy atom. The second kappa shape index (κ2) is 16.9. The molecular formula is C45H48N8O6S2. The van der Waals surface area contributed by atoms with E-state index in [1.54, 1.807) is 11.3 Å². The van der Waals surface area contributed by atoms with Crippen molar-refractivity contribution in [1.29, 1.82) is 0 Å². The molecule has 9 rings (SSSR count). The number of thioether (sulfide) groups is 1. The normalized spacial score (nSPS) is 19.7. The van der Waals surface area contributed by atoms with Crippen LogP contribution in [-0.2, 0) is 19.1 Å². The number of H-pyrrole nitrogens is 2. The van der Waals surface area contributed by atoms with E-state index in [9.17, 15) is 19.2 Å². The zero-order chi connectivity index (χ0) is 42.4. The van der Waals surface area contributed by atoms with Gasteiger partial charge in [-0.15, -0.1) is 23.1 Å². The quantitative estimate of drug-likeness (QED) is 0.106. The van der Waals surface area contributed by atoms with Gasteiger partial charge in [-0.25, -0.2) is 19.6 Å². The summed E-state index contributed by atoms with van der Waals surface area (Å²) in [6.07, 6.45) is 1.94. The van der Waals surface area contributed by atoms with Crippen LogP contribution in [0, 0.1) is 5.92 Å². The molecule has 3 unspecified atom stereocenters. The Balaban J connectivity index is 0.928. The number of benzene rings is 3. The van der Waals surface area contributed by atoms with E-state index in [1.165, 1.54) is 35.1 Å². The highest BCUT2D eigenvalue weighted by Crippen LogP contribution is 2.52. The van der Waals surface area contributed by atoms with Crippen molar-refractivity contribution in [2.75, 3.05) is 33.1 Å². The van der Waals surface area contributed by atoms with Gasteiger partial charge < -0.3 is 39.9 Å². The van der Waals surface area contributed by atoms with Gasteiger partial charge in [-0.05, 0) is 72.6 Å². The van der Waals surface area contributed by atoms with Crippen molar-refractivity contribution in [3.8, 4) is 11.1 Å². The Bertz CT molecular complexity index is 2620. The molecule has 5 atom stereocenters. The minimum absolute atomic E-state index is 0.106. The van der Waals surface area contributed by atoms with Gasteiger partial charge in [0, 0.05) is 45.5 Å². The van der Waals surface area contributed by atoms with Gasteiger partial charge in [0.15, 0.2) is 0 Å². The Morgan fingerprint density at radius 3 is 2.07 bits per heavy atom. The van der Waals surface area contributed by atoms with Gasteiger partial charge >= 0.3 is 12.2 Å². The molecule has 3 aromatic heterocycles. The monoisotopic (exact) mass is 860 g/mol. The van der Waals surface area contributed by atoms with Crippen molar-refractivity contribution in [3.63, 3.8) is 0 Å². The number of alkyl carbamates (subject to hydrolysis) is 2. The number of carbonyl (C=O) groups is 4.